The number of hydrogen-bond donors (Lipinski definition) is 0. The average Bonchev–Trinajstić information content (AvgIpc) is 1.52. The Balaban J connectivity index is 1.11. The van der Waals surface area contributed by atoms with Crippen molar-refractivity contribution in [1.82, 2.24) is 0 Å². The lowest BCUT2D eigenvalue weighted by atomic mass is 9.97. The summed E-state index contributed by atoms with van der Waals surface area (Å²) < 4.78 is 11.2. The summed E-state index contributed by atoms with van der Waals surface area (Å²) >= 11 is 0. The molecule has 0 bridgehead atoms. The van der Waals surface area contributed by atoms with Gasteiger partial charge in [-0.1, -0.05) is 267 Å². The Kier molecular flexibility index (Phi) is 13.5. The summed E-state index contributed by atoms with van der Waals surface area (Å²) in [5.74, 6) is 0. The molecule has 4 nitrogen and oxygen atoms in total. The topological polar surface area (TPSA) is 13.0 Å². The van der Waals surface area contributed by atoms with Crippen molar-refractivity contribution in [3.8, 4) is 89.0 Å². The summed E-state index contributed by atoms with van der Waals surface area (Å²) in [6, 6.07) is 135. The molecule has 5 heteroatoms. The summed E-state index contributed by atoms with van der Waals surface area (Å²) in [7, 11) is -4.22. The third-order valence-electron chi connectivity index (χ3n) is 17.5. The van der Waals surface area contributed by atoms with Crippen LogP contribution in [0.5, 0.6) is 0 Å². The maximum Gasteiger partial charge on any atom is 0.521 e. The van der Waals surface area contributed by atoms with E-state index in [1.54, 1.807) is 0 Å². The molecule has 2 aliphatic rings. The van der Waals surface area contributed by atoms with E-state index in [9.17, 15) is 0 Å². The summed E-state index contributed by atoms with van der Waals surface area (Å²) in [5, 5.41) is 0. The molecule has 2 aliphatic heterocycles. The molecule has 2 heterocycles. The Bertz CT molecular complexity index is 3990. The van der Waals surface area contributed by atoms with Crippen LogP contribution in [0, 0.1) is 0 Å². The number of benzene rings is 14. The Morgan fingerprint density at radius 1 is 0.135 bits per heavy atom. The Labute approximate surface area is 522 Å². The number of para-hydroxylation sites is 4. The van der Waals surface area contributed by atoms with Crippen LogP contribution in [0.15, 0.2) is 364 Å². The molecule has 0 unspecified atom stereocenters. The summed E-state index contributed by atoms with van der Waals surface area (Å²) in [5.41, 5.74) is 26.8. The van der Waals surface area contributed by atoms with Crippen LogP contribution in [-0.4, -0.2) is 8.72 Å². The van der Waals surface area contributed by atoms with Gasteiger partial charge in [0, 0.05) is 22.7 Å². The van der Waals surface area contributed by atoms with Gasteiger partial charge in [-0.25, -0.2) is 0 Å². The van der Waals surface area contributed by atoms with Crippen molar-refractivity contribution in [1.29, 1.82) is 0 Å². The van der Waals surface area contributed by atoms with Crippen LogP contribution in [0.4, 0.5) is 45.5 Å². The lowest BCUT2D eigenvalue weighted by Gasteiger charge is -2.50. The molecule has 89 heavy (non-hydrogen) atoms. The maximum atomic E-state index is 2.80. The van der Waals surface area contributed by atoms with E-state index in [2.05, 4.69) is 382 Å². The first-order valence-corrected chi connectivity index (χ1v) is 32.3. The molecule has 0 saturated heterocycles. The molecule has 0 radical (unpaired) electrons. The minimum atomic E-state index is -4.22. The Morgan fingerprint density at radius 2 is 0.270 bits per heavy atom. The molecule has 420 valence electrons. The van der Waals surface area contributed by atoms with E-state index < -0.39 is 8.72 Å². The van der Waals surface area contributed by atoms with Gasteiger partial charge in [0.15, 0.2) is 0 Å². The van der Waals surface area contributed by atoms with Crippen molar-refractivity contribution < 1.29 is 0 Å². The van der Waals surface area contributed by atoms with Gasteiger partial charge in [0.25, 0.3) is 0 Å². The number of nitrogens with zero attached hydrogens (tertiary/aromatic N) is 4. The highest BCUT2D eigenvalue weighted by molar-refractivity contribution is 6.99. The van der Waals surface area contributed by atoms with Gasteiger partial charge in [-0.15, -0.1) is 0 Å². The van der Waals surface area contributed by atoms with E-state index in [0.717, 1.165) is 135 Å². The number of anilines is 8. The zero-order chi connectivity index (χ0) is 59.1. The van der Waals surface area contributed by atoms with E-state index in [1.165, 1.54) is 0 Å². The van der Waals surface area contributed by atoms with Crippen molar-refractivity contribution in [3.63, 3.8) is 0 Å². The van der Waals surface area contributed by atoms with Crippen LogP contribution in [-0.2, 0) is 0 Å². The Hall–Kier alpha value is -11.5. The number of fused-ring (bicyclic) bond motifs is 2. The zero-order valence-electron chi connectivity index (χ0n) is 48.9. The zero-order valence-corrected chi connectivity index (χ0v) is 49.9. The van der Waals surface area contributed by atoms with E-state index in [1.807, 2.05) is 0 Å². The normalized spacial score (nSPS) is 12.9. The lowest BCUT2D eigenvalue weighted by Crippen LogP contribution is -2.76. The van der Waals surface area contributed by atoms with Gasteiger partial charge in [-0.3, -0.25) is 0 Å². The van der Waals surface area contributed by atoms with Gasteiger partial charge in [-0.05, 0) is 186 Å². The second-order valence-electron chi connectivity index (χ2n) is 22.9. The fourth-order valence-electron chi connectivity index (χ4n) is 13.5. The molecule has 14 aromatic rings. The van der Waals surface area contributed by atoms with Gasteiger partial charge >= 0.3 is 8.72 Å². The van der Waals surface area contributed by atoms with Crippen molar-refractivity contribution in [2.24, 2.45) is 0 Å². The summed E-state index contributed by atoms with van der Waals surface area (Å²) in [6.45, 7) is 0. The molecule has 0 N–H and O–H groups in total. The molecule has 1 spiro atoms. The summed E-state index contributed by atoms with van der Waals surface area (Å²) in [6.07, 6.45) is 0. The minimum Gasteiger partial charge on any atom is -0.314 e. The lowest BCUT2D eigenvalue weighted by molar-refractivity contribution is 1.18. The SMILES string of the molecule is c1ccc(-c2cc(-c3ccccc3)cc(N3c4ccccc4N(c4cc(-c5ccccc5)cc(-c5ccccc5)c4)[Si]34N(c3cc(-c5ccccc5)cc(-c5ccccc5)c3)c3ccccc3N4c3cc(-c4ccccc4)cc(-c4ccccc4)c3)c2)cc1. The quantitative estimate of drug-likeness (QED) is 0.113. The van der Waals surface area contributed by atoms with Crippen molar-refractivity contribution in [2.75, 3.05) is 18.3 Å². The molecule has 0 aliphatic carbocycles. The average molecular weight is 1150 g/mol. The molecule has 14 aromatic carbocycles. The van der Waals surface area contributed by atoms with Crippen LogP contribution in [0.3, 0.4) is 0 Å². The first-order valence-electron chi connectivity index (χ1n) is 30.6. The van der Waals surface area contributed by atoms with E-state index in [0.29, 0.717) is 0 Å². The largest absolute Gasteiger partial charge is 0.521 e. The molecule has 0 amide bonds. The maximum absolute atomic E-state index is 4.22. The van der Waals surface area contributed by atoms with Crippen LogP contribution in [0.25, 0.3) is 89.0 Å². The second-order valence-corrected chi connectivity index (χ2v) is 25.9. The highest BCUT2D eigenvalue weighted by atomic mass is 28.4. The molecular weight excluding hydrogens is 1090 g/mol. The Morgan fingerprint density at radius 3 is 0.416 bits per heavy atom. The first kappa shape index (κ1) is 53.0. The van der Waals surface area contributed by atoms with Crippen molar-refractivity contribution >= 4 is 54.2 Å². The van der Waals surface area contributed by atoms with Crippen LogP contribution in [0.1, 0.15) is 0 Å². The van der Waals surface area contributed by atoms with Gasteiger partial charge in [0.2, 0.25) is 0 Å². The fourth-order valence-corrected chi connectivity index (χ4v) is 18.7. The molecule has 0 aromatic heterocycles. The molecule has 16 rings (SSSR count). The van der Waals surface area contributed by atoms with Gasteiger partial charge in [-0.2, -0.15) is 0 Å². The van der Waals surface area contributed by atoms with E-state index in [4.69, 9.17) is 0 Å². The number of hydrogen-bond acceptors (Lipinski definition) is 4. The fraction of sp³-hybridized carbons (Fsp3) is 0. The number of rotatable bonds is 12. The van der Waals surface area contributed by atoms with Crippen molar-refractivity contribution in [3.05, 3.63) is 364 Å². The van der Waals surface area contributed by atoms with Gasteiger partial charge in [0.1, 0.15) is 0 Å². The predicted molar refractivity (Wildman–Crippen MR) is 376 cm³/mol. The third kappa shape index (κ3) is 9.58. The highest BCUT2D eigenvalue weighted by Crippen LogP contribution is 2.63. The molecular formula is C84H60N4Si. The van der Waals surface area contributed by atoms with E-state index >= 15 is 0 Å². The second kappa shape index (κ2) is 22.7. The van der Waals surface area contributed by atoms with Crippen LogP contribution in [0.2, 0.25) is 0 Å². The smallest absolute Gasteiger partial charge is 0.314 e. The first-order chi connectivity index (χ1) is 44.1. The van der Waals surface area contributed by atoms with Crippen LogP contribution >= 0.6 is 0 Å². The molecule has 0 saturated carbocycles. The third-order valence-corrected chi connectivity index (χ3v) is 21.9. The standard InChI is InChI=1S/C84H60N4Si/c1-9-29-61(30-10-1)69-49-70(62-31-11-2-12-32-62)54-77(53-69)85-81-45-25-26-46-82(81)86(78-55-71(63-33-13-3-14-34-63)50-72(56-78)64-35-15-4-16-36-64)89(85)87(79-57-73(65-37-17-5-18-38-65)51-74(58-79)66-39-19-6-20-40-66)83-47-27-28-48-84(83)88(89)80-59-75(67-41-21-7-22-42-67)52-76(60-80)68-43-23-8-24-44-68/h1-60H. The monoisotopic (exact) mass is 1150 g/mol. The van der Waals surface area contributed by atoms with Crippen molar-refractivity contribution in [2.45, 2.75) is 0 Å². The molecule has 0 atom stereocenters. The van der Waals surface area contributed by atoms with Crippen LogP contribution < -0.4 is 18.3 Å². The van der Waals surface area contributed by atoms with Gasteiger partial charge in [0.05, 0.1) is 22.7 Å². The molecule has 0 fully saturated rings. The van der Waals surface area contributed by atoms with Gasteiger partial charge < -0.3 is 18.3 Å². The minimum absolute atomic E-state index is 1.07. The highest BCUT2D eigenvalue weighted by Gasteiger charge is 2.70. The van der Waals surface area contributed by atoms with E-state index in [-0.39, 0.29) is 0 Å². The summed E-state index contributed by atoms with van der Waals surface area (Å²) in [4.78, 5) is 0. The predicted octanol–water partition coefficient (Wildman–Crippen LogP) is 22.7.